The fourth-order valence-corrected chi connectivity index (χ4v) is 5.41. The van der Waals surface area contributed by atoms with Crippen LogP contribution in [0.2, 0.25) is 10.0 Å². The molecule has 1 aliphatic heterocycles. The molecule has 0 N–H and O–H groups in total. The van der Waals surface area contributed by atoms with Crippen LogP contribution in [0.5, 0.6) is 11.5 Å². The molecule has 1 aliphatic rings. The summed E-state index contributed by atoms with van der Waals surface area (Å²) >= 11 is 14.1. The van der Waals surface area contributed by atoms with E-state index in [4.69, 9.17) is 37.7 Å². The predicted molar refractivity (Wildman–Crippen MR) is 165 cm³/mol. The van der Waals surface area contributed by atoms with Gasteiger partial charge in [-0.2, -0.15) is 0 Å². The van der Waals surface area contributed by atoms with Gasteiger partial charge in [-0.25, -0.2) is 4.99 Å². The van der Waals surface area contributed by atoms with Gasteiger partial charge in [0.05, 0.1) is 29.5 Å². The highest BCUT2D eigenvalue weighted by molar-refractivity contribution is 8.19. The number of hydrogen-bond acceptors (Lipinski definition) is 5. The second-order valence-electron chi connectivity index (χ2n) is 8.88. The van der Waals surface area contributed by atoms with Crippen molar-refractivity contribution in [3.05, 3.63) is 98.4 Å². The smallest absolute Gasteiger partial charge is 0.271 e. The maximum absolute atomic E-state index is 13.8. The van der Waals surface area contributed by atoms with Crippen molar-refractivity contribution in [3.63, 3.8) is 0 Å². The molecule has 0 aromatic heterocycles. The number of aryl methyl sites for hydroxylation is 2. The molecule has 3 aromatic carbocycles. The number of ether oxygens (including phenoxy) is 2. The number of amidine groups is 1. The maximum atomic E-state index is 13.8. The summed E-state index contributed by atoms with van der Waals surface area (Å²) < 4.78 is 11.8. The minimum atomic E-state index is -0.200. The molecule has 1 amide bonds. The number of nitrogens with zero attached hydrogens (tertiary/aromatic N) is 2. The monoisotopic (exact) mass is 580 g/mol. The minimum Gasteiger partial charge on any atom is -0.490 e. The summed E-state index contributed by atoms with van der Waals surface area (Å²) in [6.45, 7) is 12.6. The van der Waals surface area contributed by atoms with Gasteiger partial charge in [0, 0.05) is 15.6 Å². The molecule has 0 atom stereocenters. The highest BCUT2D eigenvalue weighted by Crippen LogP contribution is 2.40. The summed E-state index contributed by atoms with van der Waals surface area (Å²) in [6, 6.07) is 15.0. The molecule has 3 aromatic rings. The molecule has 39 heavy (non-hydrogen) atoms. The van der Waals surface area contributed by atoms with Crippen molar-refractivity contribution in [2.45, 2.75) is 34.1 Å². The van der Waals surface area contributed by atoms with Gasteiger partial charge in [0.15, 0.2) is 16.7 Å². The van der Waals surface area contributed by atoms with Gasteiger partial charge in [0.25, 0.3) is 5.91 Å². The lowest BCUT2D eigenvalue weighted by molar-refractivity contribution is -0.113. The van der Waals surface area contributed by atoms with Crippen molar-refractivity contribution >= 4 is 63.5 Å². The fraction of sp³-hybridized carbons (Fsp3) is 0.226. The standard InChI is InChI=1S/C31H30Cl2N2O3S/c1-6-9-22-14-21(15-27(37-7-2)29(22)38-8-3)16-28-30(36)35(24-13-11-20(5)26(33)18-24)31(39-28)34-23-12-10-19(4)25(32)17-23/h6,10-18H,1,7-9H2,2-5H3/b28-16+,34-31?. The van der Waals surface area contributed by atoms with Crippen LogP contribution in [0.4, 0.5) is 11.4 Å². The minimum absolute atomic E-state index is 0.200. The van der Waals surface area contributed by atoms with E-state index < -0.39 is 0 Å². The van der Waals surface area contributed by atoms with Crippen molar-refractivity contribution in [3.8, 4) is 11.5 Å². The molecule has 0 radical (unpaired) electrons. The molecular formula is C31H30Cl2N2O3S. The van der Waals surface area contributed by atoms with E-state index in [9.17, 15) is 4.79 Å². The first-order valence-electron chi connectivity index (χ1n) is 12.6. The summed E-state index contributed by atoms with van der Waals surface area (Å²) in [5.41, 5.74) is 4.92. The molecule has 4 rings (SSSR count). The van der Waals surface area contributed by atoms with E-state index in [1.165, 1.54) is 11.8 Å². The van der Waals surface area contributed by atoms with Gasteiger partial charge in [-0.3, -0.25) is 9.69 Å². The Bertz CT molecular complexity index is 1480. The summed E-state index contributed by atoms with van der Waals surface area (Å²) in [7, 11) is 0. The Morgan fingerprint density at radius 3 is 2.31 bits per heavy atom. The maximum Gasteiger partial charge on any atom is 0.271 e. The SMILES string of the molecule is C=CCc1cc(/C=C2/SC(=Nc3ccc(C)c(Cl)c3)N(c3ccc(C)c(Cl)c3)C2=O)cc(OCC)c1OCC. The van der Waals surface area contributed by atoms with Gasteiger partial charge in [0.2, 0.25) is 0 Å². The first kappa shape index (κ1) is 28.8. The Balaban J connectivity index is 1.83. The molecule has 202 valence electrons. The molecule has 0 spiro atoms. The second-order valence-corrected chi connectivity index (χ2v) is 10.7. The van der Waals surface area contributed by atoms with Gasteiger partial charge < -0.3 is 9.47 Å². The Morgan fingerprint density at radius 1 is 0.974 bits per heavy atom. The van der Waals surface area contributed by atoms with Crippen molar-refractivity contribution in [2.75, 3.05) is 18.1 Å². The Kier molecular flexibility index (Phi) is 9.44. The molecule has 1 heterocycles. The Morgan fingerprint density at radius 2 is 1.67 bits per heavy atom. The van der Waals surface area contributed by atoms with E-state index in [1.807, 2.05) is 76.2 Å². The summed E-state index contributed by atoms with van der Waals surface area (Å²) in [5.74, 6) is 1.13. The summed E-state index contributed by atoms with van der Waals surface area (Å²) in [5, 5.41) is 1.69. The number of thioether (sulfide) groups is 1. The highest BCUT2D eigenvalue weighted by Gasteiger charge is 2.35. The van der Waals surface area contributed by atoms with Crippen LogP contribution < -0.4 is 14.4 Å². The third-order valence-corrected chi connectivity index (χ3v) is 7.79. The lowest BCUT2D eigenvalue weighted by atomic mass is 10.0. The van der Waals surface area contributed by atoms with Crippen LogP contribution in [0, 0.1) is 13.8 Å². The first-order chi connectivity index (χ1) is 18.7. The number of carbonyl (C=O) groups excluding carboxylic acids is 1. The number of anilines is 1. The van der Waals surface area contributed by atoms with Crippen LogP contribution in [-0.2, 0) is 11.2 Å². The average molecular weight is 582 g/mol. The topological polar surface area (TPSA) is 51.1 Å². The lowest BCUT2D eigenvalue weighted by Gasteiger charge is -2.17. The Labute approximate surface area is 244 Å². The normalized spacial score (nSPS) is 15.3. The average Bonchev–Trinajstić information content (AvgIpc) is 3.19. The van der Waals surface area contributed by atoms with Gasteiger partial charge in [-0.05, 0) is 105 Å². The van der Waals surface area contributed by atoms with E-state index in [2.05, 4.69) is 6.58 Å². The van der Waals surface area contributed by atoms with Gasteiger partial charge in [-0.15, -0.1) is 6.58 Å². The van der Waals surface area contributed by atoms with Crippen LogP contribution in [0.15, 0.2) is 71.1 Å². The van der Waals surface area contributed by atoms with E-state index in [-0.39, 0.29) is 5.91 Å². The van der Waals surface area contributed by atoms with Crippen LogP contribution in [-0.4, -0.2) is 24.3 Å². The molecule has 1 fully saturated rings. The van der Waals surface area contributed by atoms with Crippen molar-refractivity contribution in [1.29, 1.82) is 0 Å². The van der Waals surface area contributed by atoms with Gasteiger partial charge in [-0.1, -0.05) is 41.4 Å². The van der Waals surface area contributed by atoms with Crippen LogP contribution >= 0.6 is 35.0 Å². The summed E-state index contributed by atoms with van der Waals surface area (Å²) in [6.07, 6.45) is 4.27. The van der Waals surface area contributed by atoms with Crippen molar-refractivity contribution < 1.29 is 14.3 Å². The van der Waals surface area contributed by atoms with E-state index in [0.717, 1.165) is 22.3 Å². The van der Waals surface area contributed by atoms with E-state index in [1.54, 1.807) is 17.0 Å². The van der Waals surface area contributed by atoms with E-state index in [0.29, 0.717) is 62.6 Å². The third-order valence-electron chi connectivity index (χ3n) is 6.00. The Hall–Kier alpha value is -3.19. The van der Waals surface area contributed by atoms with Crippen molar-refractivity contribution in [2.24, 2.45) is 4.99 Å². The first-order valence-corrected chi connectivity index (χ1v) is 14.2. The predicted octanol–water partition coefficient (Wildman–Crippen LogP) is 8.94. The number of halogens is 2. The van der Waals surface area contributed by atoms with Crippen LogP contribution in [0.1, 0.15) is 36.1 Å². The summed E-state index contributed by atoms with van der Waals surface area (Å²) in [4.78, 5) is 20.7. The number of amides is 1. The van der Waals surface area contributed by atoms with Gasteiger partial charge >= 0.3 is 0 Å². The molecule has 0 aliphatic carbocycles. The van der Waals surface area contributed by atoms with Crippen LogP contribution in [0.25, 0.3) is 6.08 Å². The number of hydrogen-bond donors (Lipinski definition) is 0. The zero-order chi connectivity index (χ0) is 28.1. The molecular weight excluding hydrogens is 551 g/mol. The van der Waals surface area contributed by atoms with Crippen LogP contribution in [0.3, 0.4) is 0 Å². The number of benzene rings is 3. The largest absolute Gasteiger partial charge is 0.490 e. The lowest BCUT2D eigenvalue weighted by Crippen LogP contribution is -2.28. The molecule has 0 unspecified atom stereocenters. The highest BCUT2D eigenvalue weighted by atomic mass is 35.5. The zero-order valence-electron chi connectivity index (χ0n) is 22.4. The zero-order valence-corrected chi connectivity index (χ0v) is 24.7. The number of allylic oxidation sites excluding steroid dienone is 1. The number of aliphatic imine (C=N–C) groups is 1. The van der Waals surface area contributed by atoms with Gasteiger partial charge in [0.1, 0.15) is 0 Å². The second kappa shape index (κ2) is 12.8. The number of carbonyl (C=O) groups is 1. The number of rotatable bonds is 9. The fourth-order valence-electron chi connectivity index (χ4n) is 4.06. The molecule has 0 saturated carbocycles. The third kappa shape index (κ3) is 6.52. The quantitative estimate of drug-likeness (QED) is 0.187. The molecule has 8 heteroatoms. The van der Waals surface area contributed by atoms with Crippen molar-refractivity contribution in [1.82, 2.24) is 0 Å². The van der Waals surface area contributed by atoms with E-state index >= 15 is 0 Å². The molecule has 1 saturated heterocycles. The molecule has 0 bridgehead atoms. The molecule has 5 nitrogen and oxygen atoms in total.